The molecule has 0 spiro atoms. The Hall–Kier alpha value is -2.10. The van der Waals surface area contributed by atoms with Crippen LogP contribution in [-0.4, -0.2) is 26.6 Å². The predicted octanol–water partition coefficient (Wildman–Crippen LogP) is 3.86. The van der Waals surface area contributed by atoms with Gasteiger partial charge in [-0.3, -0.25) is 9.48 Å². The number of aromatic nitrogens is 2. The van der Waals surface area contributed by atoms with E-state index in [0.29, 0.717) is 19.0 Å². The largest absolute Gasteiger partial charge is 0.335 e. The Bertz CT molecular complexity index is 671. The fourth-order valence-corrected chi connectivity index (χ4v) is 3.66. The van der Waals surface area contributed by atoms with Gasteiger partial charge in [-0.25, -0.2) is 0 Å². The number of carbonyl (C=O) groups is 1. The molecule has 1 fully saturated rings. The van der Waals surface area contributed by atoms with Crippen molar-refractivity contribution in [2.75, 3.05) is 0 Å². The summed E-state index contributed by atoms with van der Waals surface area (Å²) < 4.78 is 1.95. The Morgan fingerprint density at radius 3 is 2.54 bits per heavy atom. The molecule has 128 valence electrons. The molecule has 0 saturated heterocycles. The van der Waals surface area contributed by atoms with Gasteiger partial charge in [0.15, 0.2) is 0 Å². The maximum absolute atomic E-state index is 12.9. The van der Waals surface area contributed by atoms with Gasteiger partial charge in [0.1, 0.15) is 0 Å². The summed E-state index contributed by atoms with van der Waals surface area (Å²) >= 11 is 0. The summed E-state index contributed by atoms with van der Waals surface area (Å²) in [7, 11) is 0. The topological polar surface area (TPSA) is 38.1 Å². The average Bonchev–Trinajstić information content (AvgIpc) is 3.21. The van der Waals surface area contributed by atoms with Crippen molar-refractivity contribution >= 4 is 5.91 Å². The number of hydrogen-bond donors (Lipinski definition) is 0. The maximum Gasteiger partial charge on any atom is 0.224 e. The zero-order chi connectivity index (χ0) is 16.9. The van der Waals surface area contributed by atoms with Gasteiger partial charge < -0.3 is 4.90 Å². The normalized spacial score (nSPS) is 14.9. The predicted molar refractivity (Wildman–Crippen MR) is 95.6 cm³/mol. The summed E-state index contributed by atoms with van der Waals surface area (Å²) in [6, 6.07) is 12.8. The Morgan fingerprint density at radius 1 is 1.21 bits per heavy atom. The molecule has 1 saturated carbocycles. The third kappa shape index (κ3) is 4.05. The average molecular weight is 325 g/mol. The van der Waals surface area contributed by atoms with E-state index < -0.39 is 0 Å². The first-order chi connectivity index (χ1) is 11.6. The summed E-state index contributed by atoms with van der Waals surface area (Å²) in [4.78, 5) is 15.0. The van der Waals surface area contributed by atoms with E-state index in [1.807, 2.05) is 36.7 Å². The molecule has 1 aromatic carbocycles. The molecule has 1 aromatic heterocycles. The van der Waals surface area contributed by atoms with Crippen LogP contribution >= 0.6 is 0 Å². The monoisotopic (exact) mass is 325 g/mol. The number of nitrogens with zero attached hydrogens (tertiary/aromatic N) is 3. The van der Waals surface area contributed by atoms with Crippen molar-refractivity contribution in [1.29, 1.82) is 0 Å². The third-order valence-electron chi connectivity index (χ3n) is 4.92. The van der Waals surface area contributed by atoms with Gasteiger partial charge in [0.2, 0.25) is 5.91 Å². The van der Waals surface area contributed by atoms with E-state index in [1.165, 1.54) is 18.4 Å². The molecule has 0 bridgehead atoms. The van der Waals surface area contributed by atoms with Crippen molar-refractivity contribution in [3.8, 4) is 0 Å². The highest BCUT2D eigenvalue weighted by Gasteiger charge is 2.26. The number of hydrogen-bond acceptors (Lipinski definition) is 2. The van der Waals surface area contributed by atoms with Crippen molar-refractivity contribution in [1.82, 2.24) is 14.7 Å². The number of rotatable bonds is 6. The quantitative estimate of drug-likeness (QED) is 0.809. The van der Waals surface area contributed by atoms with Crippen molar-refractivity contribution in [2.24, 2.45) is 0 Å². The minimum Gasteiger partial charge on any atom is -0.335 e. The highest BCUT2D eigenvalue weighted by Crippen LogP contribution is 2.25. The summed E-state index contributed by atoms with van der Waals surface area (Å²) in [5.41, 5.74) is 3.34. The standard InChI is InChI=1S/C20H27N3O/c1-16-14-17(2)23(21-16)13-12-20(24)22(19-10-6-7-11-19)15-18-8-4-3-5-9-18/h3-5,8-9,14,19H,6-7,10-13,15H2,1-2H3. The molecule has 1 heterocycles. The fraction of sp³-hybridized carbons (Fsp3) is 0.500. The first-order valence-corrected chi connectivity index (χ1v) is 8.98. The molecule has 4 heteroatoms. The minimum absolute atomic E-state index is 0.248. The van der Waals surface area contributed by atoms with Gasteiger partial charge in [-0.1, -0.05) is 43.2 Å². The molecular weight excluding hydrogens is 298 g/mol. The van der Waals surface area contributed by atoms with Crippen molar-refractivity contribution in [3.63, 3.8) is 0 Å². The molecule has 1 aliphatic carbocycles. The van der Waals surface area contributed by atoms with E-state index in [1.54, 1.807) is 0 Å². The van der Waals surface area contributed by atoms with Crippen LogP contribution in [-0.2, 0) is 17.9 Å². The van der Waals surface area contributed by atoms with E-state index in [0.717, 1.165) is 30.8 Å². The van der Waals surface area contributed by atoms with Crippen LogP contribution in [0.4, 0.5) is 0 Å². The highest BCUT2D eigenvalue weighted by molar-refractivity contribution is 5.76. The maximum atomic E-state index is 12.9. The minimum atomic E-state index is 0.248. The second-order valence-electron chi connectivity index (χ2n) is 6.85. The summed E-state index contributed by atoms with van der Waals surface area (Å²) in [6.45, 7) is 5.42. The Kier molecular flexibility index (Phi) is 5.34. The molecular formula is C20H27N3O. The zero-order valence-electron chi connectivity index (χ0n) is 14.7. The van der Waals surface area contributed by atoms with Gasteiger partial charge in [-0.05, 0) is 38.3 Å². The van der Waals surface area contributed by atoms with Gasteiger partial charge >= 0.3 is 0 Å². The first-order valence-electron chi connectivity index (χ1n) is 8.98. The molecule has 0 radical (unpaired) electrons. The first kappa shape index (κ1) is 16.7. The molecule has 0 N–H and O–H groups in total. The van der Waals surface area contributed by atoms with Crippen LogP contribution in [0.5, 0.6) is 0 Å². The molecule has 4 nitrogen and oxygen atoms in total. The smallest absolute Gasteiger partial charge is 0.224 e. The SMILES string of the molecule is Cc1cc(C)n(CCC(=O)N(Cc2ccccc2)C2CCCC2)n1. The van der Waals surface area contributed by atoms with E-state index >= 15 is 0 Å². The summed E-state index contributed by atoms with van der Waals surface area (Å²) in [5, 5.41) is 4.47. The lowest BCUT2D eigenvalue weighted by atomic mass is 10.1. The molecule has 24 heavy (non-hydrogen) atoms. The molecule has 2 aromatic rings. The lowest BCUT2D eigenvalue weighted by molar-refractivity contribution is -0.134. The lowest BCUT2D eigenvalue weighted by Crippen LogP contribution is -2.38. The van der Waals surface area contributed by atoms with Crippen LogP contribution in [0, 0.1) is 13.8 Å². The second-order valence-corrected chi connectivity index (χ2v) is 6.85. The van der Waals surface area contributed by atoms with Crippen LogP contribution < -0.4 is 0 Å². The molecule has 0 atom stereocenters. The molecule has 1 aliphatic rings. The number of benzene rings is 1. The second kappa shape index (κ2) is 7.65. The van der Waals surface area contributed by atoms with Crippen molar-refractivity contribution in [2.45, 2.75) is 65.1 Å². The van der Waals surface area contributed by atoms with Crippen LogP contribution in [0.1, 0.15) is 49.1 Å². The van der Waals surface area contributed by atoms with Gasteiger partial charge in [-0.2, -0.15) is 5.10 Å². The van der Waals surface area contributed by atoms with Crippen LogP contribution in [0.25, 0.3) is 0 Å². The van der Waals surface area contributed by atoms with Gasteiger partial charge in [0.25, 0.3) is 0 Å². The number of aryl methyl sites for hydroxylation is 3. The highest BCUT2D eigenvalue weighted by atomic mass is 16.2. The van der Waals surface area contributed by atoms with Gasteiger partial charge in [0.05, 0.1) is 5.69 Å². The van der Waals surface area contributed by atoms with Crippen LogP contribution in [0.3, 0.4) is 0 Å². The molecule has 1 amide bonds. The van der Waals surface area contributed by atoms with E-state index in [9.17, 15) is 4.79 Å². The molecule has 0 unspecified atom stereocenters. The molecule has 3 rings (SSSR count). The van der Waals surface area contributed by atoms with Gasteiger partial charge in [0, 0.05) is 31.2 Å². The van der Waals surface area contributed by atoms with Crippen molar-refractivity contribution < 1.29 is 4.79 Å². The Morgan fingerprint density at radius 2 is 1.92 bits per heavy atom. The van der Waals surface area contributed by atoms with Crippen LogP contribution in [0.15, 0.2) is 36.4 Å². The fourth-order valence-electron chi connectivity index (χ4n) is 3.66. The van der Waals surface area contributed by atoms with E-state index in [2.05, 4.69) is 28.2 Å². The Balaban J connectivity index is 1.67. The van der Waals surface area contributed by atoms with Crippen LogP contribution in [0.2, 0.25) is 0 Å². The zero-order valence-corrected chi connectivity index (χ0v) is 14.7. The summed E-state index contributed by atoms with van der Waals surface area (Å²) in [5.74, 6) is 0.248. The van der Waals surface area contributed by atoms with Gasteiger partial charge in [-0.15, -0.1) is 0 Å². The number of amides is 1. The number of carbonyl (C=O) groups excluding carboxylic acids is 1. The lowest BCUT2D eigenvalue weighted by Gasteiger charge is -2.29. The van der Waals surface area contributed by atoms with Crippen molar-refractivity contribution in [3.05, 3.63) is 53.3 Å². The Labute approximate surface area is 144 Å². The van der Waals surface area contributed by atoms with E-state index in [4.69, 9.17) is 0 Å². The third-order valence-corrected chi connectivity index (χ3v) is 4.92. The summed E-state index contributed by atoms with van der Waals surface area (Å²) in [6.07, 6.45) is 5.27. The van der Waals surface area contributed by atoms with E-state index in [-0.39, 0.29) is 5.91 Å². The molecule has 0 aliphatic heterocycles.